The first kappa shape index (κ1) is 23.7. The van der Waals surface area contributed by atoms with E-state index in [0.717, 1.165) is 37.2 Å². The minimum atomic E-state index is -5.02. The molecule has 2 atom stereocenters. The Hall–Kier alpha value is -1.97. The van der Waals surface area contributed by atoms with E-state index < -0.39 is 29.1 Å². The lowest BCUT2D eigenvalue weighted by molar-refractivity contribution is -0.267. The van der Waals surface area contributed by atoms with Crippen molar-refractivity contribution in [1.82, 2.24) is 15.2 Å². The number of aromatic nitrogens is 1. The fraction of sp³-hybridized carbons (Fsp3) is 0.545. The lowest BCUT2D eigenvalue weighted by atomic mass is 9.98. The number of hydrogen-bond donors (Lipinski definition) is 2. The van der Waals surface area contributed by atoms with Crippen LogP contribution in [0.3, 0.4) is 0 Å². The second-order valence-corrected chi connectivity index (χ2v) is 9.21. The van der Waals surface area contributed by atoms with E-state index in [9.17, 15) is 23.1 Å². The van der Waals surface area contributed by atoms with Crippen LogP contribution in [0.5, 0.6) is 0 Å². The molecule has 31 heavy (non-hydrogen) atoms. The highest BCUT2D eigenvalue weighted by atomic mass is 32.1. The van der Waals surface area contributed by atoms with Gasteiger partial charge in [0, 0.05) is 30.7 Å². The Morgan fingerprint density at radius 3 is 2.65 bits per heavy atom. The highest BCUT2D eigenvalue weighted by Crippen LogP contribution is 2.42. The van der Waals surface area contributed by atoms with E-state index >= 15 is 0 Å². The number of hydrogen-bond acceptors (Lipinski definition) is 5. The van der Waals surface area contributed by atoms with Crippen molar-refractivity contribution in [1.29, 1.82) is 0 Å². The van der Waals surface area contributed by atoms with Crippen molar-refractivity contribution >= 4 is 17.2 Å². The summed E-state index contributed by atoms with van der Waals surface area (Å²) >= 11 is 0.695. The highest BCUT2D eigenvalue weighted by molar-refractivity contribution is 7.09. The van der Waals surface area contributed by atoms with Crippen LogP contribution in [-0.2, 0) is 23.5 Å². The molecule has 1 fully saturated rings. The molecule has 0 spiro atoms. The number of amides is 1. The topological polar surface area (TPSA) is 65.5 Å². The van der Waals surface area contributed by atoms with Crippen LogP contribution in [0.1, 0.15) is 48.0 Å². The van der Waals surface area contributed by atoms with Crippen LogP contribution in [0.25, 0.3) is 0 Å². The average Bonchev–Trinajstić information content (AvgIpc) is 3.13. The van der Waals surface area contributed by atoms with E-state index in [1.54, 1.807) is 0 Å². The standard InChI is InChI=1S/C22H28F3N3O2S/c1-15-6-5-9-28(12-15)13-18-8-4-3-7-17(18)11-26-19(29)10-21(30,22(23,24)25)20-27-16(2)14-31-20/h3-4,7-8,14-15,30H,5-6,9-13H2,1-2H3,(H,26,29). The molecule has 3 rings (SSSR count). The number of aliphatic hydroxyl groups is 1. The number of thiazole rings is 1. The maximum Gasteiger partial charge on any atom is 0.424 e. The van der Waals surface area contributed by atoms with E-state index in [1.165, 1.54) is 18.7 Å². The minimum absolute atomic E-state index is 0.100. The summed E-state index contributed by atoms with van der Waals surface area (Å²) in [6.45, 7) is 6.62. The van der Waals surface area contributed by atoms with Gasteiger partial charge in [0.25, 0.3) is 0 Å². The number of likely N-dealkylation sites (tertiary alicyclic amines) is 1. The second-order valence-electron chi connectivity index (χ2n) is 8.36. The maximum absolute atomic E-state index is 13.6. The molecule has 0 bridgehead atoms. The molecule has 1 aliphatic heterocycles. The third-order valence-corrected chi connectivity index (χ3v) is 6.70. The van der Waals surface area contributed by atoms with Gasteiger partial charge in [0.1, 0.15) is 5.01 Å². The zero-order valence-corrected chi connectivity index (χ0v) is 18.5. The van der Waals surface area contributed by atoms with Gasteiger partial charge < -0.3 is 10.4 Å². The molecular formula is C22H28F3N3O2S. The monoisotopic (exact) mass is 455 g/mol. The van der Waals surface area contributed by atoms with Crippen LogP contribution in [-0.4, -0.2) is 40.2 Å². The Bertz CT molecular complexity index is 902. The molecule has 1 aromatic carbocycles. The third kappa shape index (κ3) is 5.84. The van der Waals surface area contributed by atoms with Crippen LogP contribution in [0.2, 0.25) is 0 Å². The predicted octanol–water partition coefficient (Wildman–Crippen LogP) is 4.14. The summed E-state index contributed by atoms with van der Waals surface area (Å²) in [6.07, 6.45) is -3.78. The Morgan fingerprint density at radius 1 is 1.32 bits per heavy atom. The van der Waals surface area contributed by atoms with Crippen molar-refractivity contribution in [2.24, 2.45) is 5.92 Å². The van der Waals surface area contributed by atoms with Crippen molar-refractivity contribution in [3.05, 3.63) is 51.5 Å². The summed E-state index contributed by atoms with van der Waals surface area (Å²) in [5.74, 6) is -0.246. The van der Waals surface area contributed by atoms with E-state index in [4.69, 9.17) is 0 Å². The average molecular weight is 456 g/mol. The first-order valence-electron chi connectivity index (χ1n) is 10.4. The lowest BCUT2D eigenvalue weighted by Crippen LogP contribution is -2.46. The van der Waals surface area contributed by atoms with Crippen molar-refractivity contribution in [2.75, 3.05) is 13.1 Å². The van der Waals surface area contributed by atoms with E-state index in [-0.39, 0.29) is 6.54 Å². The van der Waals surface area contributed by atoms with E-state index in [2.05, 4.69) is 22.1 Å². The van der Waals surface area contributed by atoms with Gasteiger partial charge in [0.2, 0.25) is 11.5 Å². The molecule has 2 unspecified atom stereocenters. The van der Waals surface area contributed by atoms with Gasteiger partial charge >= 0.3 is 6.18 Å². The van der Waals surface area contributed by atoms with Gasteiger partial charge in [-0.05, 0) is 43.4 Å². The molecule has 170 valence electrons. The zero-order chi connectivity index (χ0) is 22.6. The second kappa shape index (κ2) is 9.67. The molecule has 2 N–H and O–H groups in total. The maximum atomic E-state index is 13.6. The summed E-state index contributed by atoms with van der Waals surface area (Å²) in [6, 6.07) is 7.60. The summed E-state index contributed by atoms with van der Waals surface area (Å²) in [5, 5.41) is 13.8. The largest absolute Gasteiger partial charge is 0.424 e. The van der Waals surface area contributed by atoms with Crippen molar-refractivity contribution < 1.29 is 23.1 Å². The zero-order valence-electron chi connectivity index (χ0n) is 17.7. The summed E-state index contributed by atoms with van der Waals surface area (Å²) in [5.41, 5.74) is -1.04. The number of aryl methyl sites for hydroxylation is 1. The molecule has 9 heteroatoms. The molecule has 2 aromatic rings. The van der Waals surface area contributed by atoms with Gasteiger partial charge in [-0.3, -0.25) is 9.69 Å². The number of rotatable bonds is 7. The summed E-state index contributed by atoms with van der Waals surface area (Å²) in [4.78, 5) is 18.5. The molecule has 1 saturated heterocycles. The normalized spacial score (nSPS) is 19.7. The van der Waals surface area contributed by atoms with Crippen molar-refractivity contribution in [3.8, 4) is 0 Å². The number of carbonyl (C=O) groups excluding carboxylic acids is 1. The summed E-state index contributed by atoms with van der Waals surface area (Å²) < 4.78 is 40.8. The number of nitrogens with one attached hydrogen (secondary N) is 1. The van der Waals surface area contributed by atoms with Gasteiger partial charge in [-0.1, -0.05) is 31.2 Å². The Morgan fingerprint density at radius 2 is 2.03 bits per heavy atom. The van der Waals surface area contributed by atoms with Gasteiger partial charge in [0.05, 0.1) is 6.42 Å². The molecule has 1 aromatic heterocycles. The van der Waals surface area contributed by atoms with Crippen LogP contribution >= 0.6 is 11.3 Å². The molecule has 1 amide bonds. The molecule has 5 nitrogen and oxygen atoms in total. The van der Waals surface area contributed by atoms with Crippen molar-refractivity contribution in [3.63, 3.8) is 0 Å². The van der Waals surface area contributed by atoms with Crippen LogP contribution in [0, 0.1) is 12.8 Å². The Balaban J connectivity index is 1.66. The fourth-order valence-electron chi connectivity index (χ4n) is 3.89. The first-order valence-corrected chi connectivity index (χ1v) is 11.2. The quantitative estimate of drug-likeness (QED) is 0.659. The number of halogens is 3. The molecular weight excluding hydrogens is 427 g/mol. The van der Waals surface area contributed by atoms with Crippen molar-refractivity contribution in [2.45, 2.75) is 58.0 Å². The van der Waals surface area contributed by atoms with Gasteiger partial charge in [0.15, 0.2) is 0 Å². The first-order chi connectivity index (χ1) is 14.6. The van der Waals surface area contributed by atoms with E-state index in [0.29, 0.717) is 22.9 Å². The molecule has 1 aliphatic rings. The fourth-order valence-corrected chi connectivity index (χ4v) is 4.80. The SMILES string of the molecule is Cc1csc(C(O)(CC(=O)NCc2ccccc2CN2CCCC(C)C2)C(F)(F)F)n1. The minimum Gasteiger partial charge on any atom is -0.374 e. The smallest absolute Gasteiger partial charge is 0.374 e. The number of alkyl halides is 3. The third-order valence-electron chi connectivity index (χ3n) is 5.59. The van der Waals surface area contributed by atoms with Crippen LogP contribution in [0.4, 0.5) is 13.2 Å². The number of benzene rings is 1. The molecule has 0 radical (unpaired) electrons. The molecule has 0 aliphatic carbocycles. The summed E-state index contributed by atoms with van der Waals surface area (Å²) in [7, 11) is 0. The lowest BCUT2D eigenvalue weighted by Gasteiger charge is -2.31. The van der Waals surface area contributed by atoms with Crippen LogP contribution < -0.4 is 5.32 Å². The number of nitrogens with zero attached hydrogens (tertiary/aromatic N) is 2. The highest BCUT2D eigenvalue weighted by Gasteiger charge is 2.58. The van der Waals surface area contributed by atoms with Gasteiger partial charge in [-0.2, -0.15) is 13.2 Å². The Kier molecular flexibility index (Phi) is 7.39. The van der Waals surface area contributed by atoms with E-state index in [1.807, 2.05) is 24.3 Å². The Labute approximate surface area is 184 Å². The molecule has 2 heterocycles. The number of carbonyl (C=O) groups is 1. The van der Waals surface area contributed by atoms with Gasteiger partial charge in [-0.15, -0.1) is 11.3 Å². The van der Waals surface area contributed by atoms with Crippen LogP contribution in [0.15, 0.2) is 29.6 Å². The number of piperidine rings is 1. The van der Waals surface area contributed by atoms with Gasteiger partial charge in [-0.25, -0.2) is 4.98 Å². The predicted molar refractivity (Wildman–Crippen MR) is 113 cm³/mol. The molecule has 0 saturated carbocycles.